The van der Waals surface area contributed by atoms with Crippen molar-refractivity contribution in [3.63, 3.8) is 0 Å². The van der Waals surface area contributed by atoms with Gasteiger partial charge in [-0.1, -0.05) is 65.3 Å². The van der Waals surface area contributed by atoms with Crippen molar-refractivity contribution < 1.29 is 29.9 Å². The van der Waals surface area contributed by atoms with Gasteiger partial charge in [-0.15, -0.1) is 0 Å². The molecule has 5 aliphatic rings. The second kappa shape index (κ2) is 12.3. The molecule has 1 saturated heterocycles. The molecule has 0 unspecified atom stereocenters. The molecule has 234 valence electrons. The number of aliphatic hydroxyl groups excluding tert-OH is 4. The highest BCUT2D eigenvalue weighted by atomic mass is 16.7. The van der Waals surface area contributed by atoms with Gasteiger partial charge in [-0.25, -0.2) is 0 Å². The maximum absolute atomic E-state index is 10.5. The first-order valence-electron chi connectivity index (χ1n) is 16.8. The lowest BCUT2D eigenvalue weighted by Crippen LogP contribution is -2.60. The van der Waals surface area contributed by atoms with E-state index in [9.17, 15) is 20.4 Å². The van der Waals surface area contributed by atoms with Gasteiger partial charge in [-0.2, -0.15) is 0 Å². The lowest BCUT2D eigenvalue weighted by Gasteiger charge is -2.58. The zero-order chi connectivity index (χ0) is 29.7. The van der Waals surface area contributed by atoms with Crippen LogP contribution in [-0.2, 0) is 9.47 Å². The minimum Gasteiger partial charge on any atom is -0.394 e. The van der Waals surface area contributed by atoms with E-state index in [1.807, 2.05) is 0 Å². The van der Waals surface area contributed by atoms with Crippen molar-refractivity contribution in [3.05, 3.63) is 23.8 Å². The number of ether oxygens (including phenoxy) is 2. The maximum Gasteiger partial charge on any atom is 0.186 e. The summed E-state index contributed by atoms with van der Waals surface area (Å²) in [6.07, 6.45) is 11.9. The quantitative estimate of drug-likeness (QED) is 0.281. The summed E-state index contributed by atoms with van der Waals surface area (Å²) in [5.41, 5.74) is 2.11. The largest absolute Gasteiger partial charge is 0.394 e. The number of rotatable bonds is 8. The summed E-state index contributed by atoms with van der Waals surface area (Å²) in [7, 11) is 0. The highest BCUT2D eigenvalue weighted by Crippen LogP contribution is 2.67. The number of fused-ring (bicyclic) bond motifs is 5. The summed E-state index contributed by atoms with van der Waals surface area (Å²) in [5, 5.41) is 40.4. The normalized spacial score (nSPS) is 47.9. The number of aliphatic hydroxyl groups is 4. The first-order chi connectivity index (χ1) is 19.4. The third-order valence-corrected chi connectivity index (χ3v) is 12.9. The van der Waals surface area contributed by atoms with Gasteiger partial charge in [0.25, 0.3) is 0 Å². The minimum atomic E-state index is -1.40. The number of allylic oxidation sites excluding steroid dienone is 3. The lowest BCUT2D eigenvalue weighted by atomic mass is 9.47. The van der Waals surface area contributed by atoms with Gasteiger partial charge in [0, 0.05) is 0 Å². The van der Waals surface area contributed by atoms with Gasteiger partial charge in [-0.05, 0) is 110 Å². The number of hydrogen-bond acceptors (Lipinski definition) is 6. The Hall–Kier alpha value is -0.760. The van der Waals surface area contributed by atoms with E-state index in [2.05, 4.69) is 59.8 Å². The van der Waals surface area contributed by atoms with Crippen molar-refractivity contribution in [2.75, 3.05) is 6.61 Å². The van der Waals surface area contributed by atoms with E-state index in [0.717, 1.165) is 43.4 Å². The molecule has 4 fully saturated rings. The molecule has 6 heteroatoms. The Balaban J connectivity index is 1.26. The molecule has 0 aromatic carbocycles. The molecule has 1 aliphatic heterocycles. The van der Waals surface area contributed by atoms with E-state index in [1.165, 1.54) is 37.7 Å². The summed E-state index contributed by atoms with van der Waals surface area (Å²) < 4.78 is 11.9. The van der Waals surface area contributed by atoms with Gasteiger partial charge in [-0.3, -0.25) is 0 Å². The van der Waals surface area contributed by atoms with Crippen LogP contribution in [0.5, 0.6) is 0 Å². The topological polar surface area (TPSA) is 99.4 Å². The third kappa shape index (κ3) is 5.64. The van der Waals surface area contributed by atoms with E-state index in [-0.39, 0.29) is 11.5 Å². The Morgan fingerprint density at radius 3 is 2.41 bits per heavy atom. The molecule has 4 N–H and O–H groups in total. The highest BCUT2D eigenvalue weighted by molar-refractivity contribution is 5.25. The molecular formula is C35H58O6. The smallest absolute Gasteiger partial charge is 0.186 e. The van der Waals surface area contributed by atoms with E-state index >= 15 is 0 Å². The summed E-state index contributed by atoms with van der Waals surface area (Å²) in [6.45, 7) is 14.2. The van der Waals surface area contributed by atoms with Gasteiger partial charge in [0.05, 0.1) is 12.7 Å². The summed E-state index contributed by atoms with van der Waals surface area (Å²) in [4.78, 5) is 0. The third-order valence-electron chi connectivity index (χ3n) is 12.9. The predicted octanol–water partition coefficient (Wildman–Crippen LogP) is 5.63. The van der Waals surface area contributed by atoms with Gasteiger partial charge >= 0.3 is 0 Å². The van der Waals surface area contributed by atoms with Crippen molar-refractivity contribution >= 4 is 0 Å². The molecule has 4 aliphatic carbocycles. The average Bonchev–Trinajstić information content (AvgIpc) is 3.30. The van der Waals surface area contributed by atoms with E-state index in [1.54, 1.807) is 0 Å². The van der Waals surface area contributed by atoms with Crippen molar-refractivity contribution in [2.45, 2.75) is 136 Å². The van der Waals surface area contributed by atoms with Crippen molar-refractivity contribution in [1.82, 2.24) is 0 Å². The molecule has 5 rings (SSSR count). The average molecular weight is 575 g/mol. The van der Waals surface area contributed by atoms with Crippen LogP contribution in [0, 0.1) is 52.3 Å². The second-order valence-electron chi connectivity index (χ2n) is 15.2. The zero-order valence-electron chi connectivity index (χ0n) is 26.4. The van der Waals surface area contributed by atoms with Crippen LogP contribution in [0.4, 0.5) is 0 Å². The van der Waals surface area contributed by atoms with Gasteiger partial charge in [0.1, 0.15) is 24.4 Å². The van der Waals surface area contributed by atoms with Gasteiger partial charge in [0.15, 0.2) is 6.29 Å². The van der Waals surface area contributed by atoms with Crippen LogP contribution in [0.3, 0.4) is 0 Å². The molecule has 0 amide bonds. The van der Waals surface area contributed by atoms with Crippen LogP contribution < -0.4 is 0 Å². The monoisotopic (exact) mass is 574 g/mol. The van der Waals surface area contributed by atoms with E-state index in [0.29, 0.717) is 29.1 Å². The van der Waals surface area contributed by atoms with E-state index in [4.69, 9.17) is 9.47 Å². The van der Waals surface area contributed by atoms with Crippen molar-refractivity contribution in [3.8, 4) is 0 Å². The van der Waals surface area contributed by atoms with Gasteiger partial charge < -0.3 is 29.9 Å². The fraction of sp³-hybridized carbons (Fsp3) is 0.886. The Labute approximate surface area is 248 Å². The van der Waals surface area contributed by atoms with E-state index < -0.39 is 37.3 Å². The maximum atomic E-state index is 10.5. The lowest BCUT2D eigenvalue weighted by molar-refractivity contribution is -0.313. The Morgan fingerprint density at radius 1 is 0.976 bits per heavy atom. The van der Waals surface area contributed by atoms with Crippen LogP contribution in [0.2, 0.25) is 0 Å². The Bertz CT molecular complexity index is 960. The Morgan fingerprint density at radius 2 is 1.73 bits per heavy atom. The molecule has 41 heavy (non-hydrogen) atoms. The second-order valence-corrected chi connectivity index (χ2v) is 15.2. The molecule has 0 aromatic heterocycles. The van der Waals surface area contributed by atoms with Crippen LogP contribution >= 0.6 is 0 Å². The van der Waals surface area contributed by atoms with Crippen LogP contribution in [0.25, 0.3) is 0 Å². The van der Waals surface area contributed by atoms with Crippen molar-refractivity contribution in [2.24, 2.45) is 52.3 Å². The Kier molecular flexibility index (Phi) is 9.51. The molecule has 1 heterocycles. The first kappa shape index (κ1) is 31.7. The SMILES string of the molecule is CC[C@H](/C=C/[C@@H](C)[C@H]1CC[C@@H]2[C@H]3CC=C4C[C@@H](O[C@@H]5O[C@H](CO)[C@@H](O)[C@H](O)[C@H]5O)CC[C@@]4(C)[C@H]3CC[C@@]21C)C(C)C. The summed E-state index contributed by atoms with van der Waals surface area (Å²) >= 11 is 0. The fourth-order valence-corrected chi connectivity index (χ4v) is 10.3. The number of hydrogen-bond donors (Lipinski definition) is 4. The molecule has 0 bridgehead atoms. The fourth-order valence-electron chi connectivity index (χ4n) is 10.3. The minimum absolute atomic E-state index is 0.109. The standard InChI is InChI=1S/C35H58O6/c1-7-22(20(2)3)9-8-21(4)26-12-13-27-25-11-10-23-18-24(14-16-34(23,5)28(25)15-17-35(26,27)6)40-33-32(39)31(38)30(37)29(19-36)41-33/h8-10,20-22,24-33,36-39H,7,11-19H2,1-6H3/b9-8+/t21-,22-,24+,25-,26-,27-,28+,29-,30-,31+,32-,33-,34-,35-/m1/s1. The highest BCUT2D eigenvalue weighted by Gasteiger charge is 2.59. The molecular weight excluding hydrogens is 516 g/mol. The molecule has 0 aromatic rings. The molecule has 0 spiro atoms. The van der Waals surface area contributed by atoms with Crippen LogP contribution in [0.1, 0.15) is 99.3 Å². The predicted molar refractivity (Wildman–Crippen MR) is 161 cm³/mol. The van der Waals surface area contributed by atoms with Crippen LogP contribution in [0.15, 0.2) is 23.8 Å². The van der Waals surface area contributed by atoms with Gasteiger partial charge in [0.2, 0.25) is 0 Å². The summed E-state index contributed by atoms with van der Waals surface area (Å²) in [5.74, 6) is 5.05. The first-order valence-corrected chi connectivity index (χ1v) is 16.8. The molecule has 3 saturated carbocycles. The molecule has 0 radical (unpaired) electrons. The molecule has 14 atom stereocenters. The molecule has 6 nitrogen and oxygen atoms in total. The zero-order valence-corrected chi connectivity index (χ0v) is 26.4. The summed E-state index contributed by atoms with van der Waals surface area (Å²) in [6, 6.07) is 0. The van der Waals surface area contributed by atoms with Crippen molar-refractivity contribution in [1.29, 1.82) is 0 Å². The van der Waals surface area contributed by atoms with Crippen LogP contribution in [-0.4, -0.2) is 63.8 Å².